The third-order valence-electron chi connectivity index (χ3n) is 3.40. The standard InChI is InChI=1S/C16H23N3O/c1-12-16(13(2)20-18-12)10-17-9-14-7-5-6-8-15(14)11-19(3)4/h5-8,17H,9-11H2,1-4H3. The van der Waals surface area contributed by atoms with E-state index in [9.17, 15) is 0 Å². The van der Waals surface area contributed by atoms with Gasteiger partial charge in [-0.1, -0.05) is 29.4 Å². The molecule has 0 aliphatic rings. The van der Waals surface area contributed by atoms with Crippen LogP contribution >= 0.6 is 0 Å². The molecular weight excluding hydrogens is 250 g/mol. The van der Waals surface area contributed by atoms with Crippen LogP contribution < -0.4 is 5.32 Å². The Morgan fingerprint density at radius 1 is 1.10 bits per heavy atom. The van der Waals surface area contributed by atoms with Crippen LogP contribution in [-0.2, 0) is 19.6 Å². The van der Waals surface area contributed by atoms with Crippen LogP contribution in [0.5, 0.6) is 0 Å². The zero-order valence-corrected chi connectivity index (χ0v) is 12.7. The molecule has 0 atom stereocenters. The van der Waals surface area contributed by atoms with Crippen molar-refractivity contribution in [2.45, 2.75) is 33.5 Å². The lowest BCUT2D eigenvalue weighted by Gasteiger charge is -2.14. The summed E-state index contributed by atoms with van der Waals surface area (Å²) in [5, 5.41) is 7.46. The van der Waals surface area contributed by atoms with Crippen molar-refractivity contribution in [2.24, 2.45) is 0 Å². The second kappa shape index (κ2) is 6.68. The first-order valence-corrected chi connectivity index (χ1v) is 6.92. The van der Waals surface area contributed by atoms with Gasteiger partial charge in [0.2, 0.25) is 0 Å². The van der Waals surface area contributed by atoms with Crippen molar-refractivity contribution >= 4 is 0 Å². The van der Waals surface area contributed by atoms with E-state index in [-0.39, 0.29) is 0 Å². The third kappa shape index (κ3) is 3.68. The van der Waals surface area contributed by atoms with Crippen LogP contribution in [0, 0.1) is 13.8 Å². The number of benzene rings is 1. The molecule has 0 aliphatic carbocycles. The van der Waals surface area contributed by atoms with Gasteiger partial charge >= 0.3 is 0 Å². The predicted molar refractivity (Wildman–Crippen MR) is 80.4 cm³/mol. The molecule has 20 heavy (non-hydrogen) atoms. The second-order valence-electron chi connectivity index (χ2n) is 5.41. The normalized spacial score (nSPS) is 11.2. The highest BCUT2D eigenvalue weighted by Gasteiger charge is 2.08. The lowest BCUT2D eigenvalue weighted by Crippen LogP contribution is -2.17. The summed E-state index contributed by atoms with van der Waals surface area (Å²) in [5.41, 5.74) is 4.84. The van der Waals surface area contributed by atoms with Crippen molar-refractivity contribution in [3.05, 3.63) is 52.4 Å². The fraction of sp³-hybridized carbons (Fsp3) is 0.438. The molecule has 4 nitrogen and oxygen atoms in total. The average Bonchev–Trinajstić information content (AvgIpc) is 2.71. The molecule has 0 spiro atoms. The van der Waals surface area contributed by atoms with Crippen LogP contribution in [0.1, 0.15) is 28.1 Å². The van der Waals surface area contributed by atoms with Crippen molar-refractivity contribution in [1.29, 1.82) is 0 Å². The van der Waals surface area contributed by atoms with Crippen LogP contribution in [0.2, 0.25) is 0 Å². The zero-order valence-electron chi connectivity index (χ0n) is 12.7. The maximum atomic E-state index is 5.18. The molecule has 2 rings (SSSR count). The molecule has 0 radical (unpaired) electrons. The fourth-order valence-corrected chi connectivity index (χ4v) is 2.30. The Kier molecular flexibility index (Phi) is 4.93. The number of hydrogen-bond donors (Lipinski definition) is 1. The molecule has 2 aromatic rings. The Bertz CT molecular complexity index is 541. The lowest BCUT2D eigenvalue weighted by atomic mass is 10.1. The molecule has 1 N–H and O–H groups in total. The fourth-order valence-electron chi connectivity index (χ4n) is 2.30. The van der Waals surface area contributed by atoms with Gasteiger partial charge in [0.15, 0.2) is 0 Å². The summed E-state index contributed by atoms with van der Waals surface area (Å²) in [6.07, 6.45) is 0. The maximum Gasteiger partial charge on any atom is 0.138 e. The largest absolute Gasteiger partial charge is 0.361 e. The Morgan fingerprint density at radius 2 is 1.80 bits per heavy atom. The molecule has 0 saturated heterocycles. The molecule has 4 heteroatoms. The molecule has 108 valence electrons. The van der Waals surface area contributed by atoms with Gasteiger partial charge < -0.3 is 14.7 Å². The molecule has 0 saturated carbocycles. The molecule has 0 aliphatic heterocycles. The summed E-state index contributed by atoms with van der Waals surface area (Å²) in [4.78, 5) is 2.19. The topological polar surface area (TPSA) is 41.3 Å². The van der Waals surface area contributed by atoms with E-state index < -0.39 is 0 Å². The average molecular weight is 273 g/mol. The first kappa shape index (κ1) is 14.8. The Balaban J connectivity index is 1.97. The van der Waals surface area contributed by atoms with Crippen LogP contribution in [0.25, 0.3) is 0 Å². The number of nitrogens with one attached hydrogen (secondary N) is 1. The SMILES string of the molecule is Cc1noc(C)c1CNCc1ccccc1CN(C)C. The molecular formula is C16H23N3O. The number of rotatable bonds is 6. The second-order valence-corrected chi connectivity index (χ2v) is 5.41. The third-order valence-corrected chi connectivity index (χ3v) is 3.40. The van der Waals surface area contributed by atoms with Crippen molar-refractivity contribution in [1.82, 2.24) is 15.4 Å². The van der Waals surface area contributed by atoms with E-state index in [0.29, 0.717) is 0 Å². The van der Waals surface area contributed by atoms with Crippen molar-refractivity contribution < 1.29 is 4.52 Å². The summed E-state index contributed by atoms with van der Waals surface area (Å²) >= 11 is 0. The van der Waals surface area contributed by atoms with E-state index in [4.69, 9.17) is 4.52 Å². The van der Waals surface area contributed by atoms with Gasteiger partial charge in [-0.2, -0.15) is 0 Å². The van der Waals surface area contributed by atoms with Crippen LogP contribution in [0.15, 0.2) is 28.8 Å². The number of nitrogens with zero attached hydrogens (tertiary/aromatic N) is 2. The summed E-state index contributed by atoms with van der Waals surface area (Å²) in [5.74, 6) is 0.900. The van der Waals surface area contributed by atoms with Crippen molar-refractivity contribution in [3.8, 4) is 0 Å². The van der Waals surface area contributed by atoms with Gasteiger partial charge in [0.05, 0.1) is 5.69 Å². The van der Waals surface area contributed by atoms with Gasteiger partial charge in [-0.3, -0.25) is 0 Å². The van der Waals surface area contributed by atoms with Gasteiger partial charge in [0.25, 0.3) is 0 Å². The van der Waals surface area contributed by atoms with Crippen molar-refractivity contribution in [2.75, 3.05) is 14.1 Å². The minimum Gasteiger partial charge on any atom is -0.361 e. The molecule has 1 aromatic heterocycles. The lowest BCUT2D eigenvalue weighted by molar-refractivity contribution is 0.391. The van der Waals surface area contributed by atoms with Crippen molar-refractivity contribution in [3.63, 3.8) is 0 Å². The van der Waals surface area contributed by atoms with Crippen LogP contribution in [-0.4, -0.2) is 24.2 Å². The first-order valence-electron chi connectivity index (χ1n) is 6.92. The van der Waals surface area contributed by atoms with Gasteiger partial charge in [-0.05, 0) is 39.1 Å². The highest BCUT2D eigenvalue weighted by atomic mass is 16.5. The van der Waals surface area contributed by atoms with E-state index in [2.05, 4.69) is 53.7 Å². The first-order chi connectivity index (χ1) is 9.58. The summed E-state index contributed by atoms with van der Waals surface area (Å²) in [6, 6.07) is 8.55. The van der Waals surface area contributed by atoms with E-state index in [1.165, 1.54) is 11.1 Å². The van der Waals surface area contributed by atoms with Crippen LogP contribution in [0.3, 0.4) is 0 Å². The predicted octanol–water partition coefficient (Wildman–Crippen LogP) is 2.64. The quantitative estimate of drug-likeness (QED) is 0.878. The minimum atomic E-state index is 0.789. The van der Waals surface area contributed by atoms with E-state index in [0.717, 1.165) is 36.7 Å². The highest BCUT2D eigenvalue weighted by Crippen LogP contribution is 2.13. The number of hydrogen-bond acceptors (Lipinski definition) is 4. The summed E-state index contributed by atoms with van der Waals surface area (Å²) in [6.45, 7) is 6.54. The molecule has 0 fully saturated rings. The number of aromatic nitrogens is 1. The molecule has 1 aromatic carbocycles. The molecule has 0 amide bonds. The van der Waals surface area contributed by atoms with Gasteiger partial charge in [0, 0.05) is 25.2 Å². The van der Waals surface area contributed by atoms with E-state index in [1.54, 1.807) is 0 Å². The highest BCUT2D eigenvalue weighted by molar-refractivity contribution is 5.27. The Hall–Kier alpha value is -1.65. The smallest absolute Gasteiger partial charge is 0.138 e. The monoisotopic (exact) mass is 273 g/mol. The van der Waals surface area contributed by atoms with Gasteiger partial charge in [-0.25, -0.2) is 0 Å². The van der Waals surface area contributed by atoms with E-state index in [1.807, 2.05) is 13.8 Å². The minimum absolute atomic E-state index is 0.789. The van der Waals surface area contributed by atoms with Gasteiger partial charge in [-0.15, -0.1) is 0 Å². The summed E-state index contributed by atoms with van der Waals surface area (Å²) in [7, 11) is 4.18. The Morgan fingerprint density at radius 3 is 2.40 bits per heavy atom. The number of aryl methyl sites for hydroxylation is 2. The zero-order chi connectivity index (χ0) is 14.5. The van der Waals surface area contributed by atoms with E-state index >= 15 is 0 Å². The Labute approximate surface area is 120 Å². The summed E-state index contributed by atoms with van der Waals surface area (Å²) < 4.78 is 5.18. The van der Waals surface area contributed by atoms with Gasteiger partial charge in [0.1, 0.15) is 5.76 Å². The molecule has 0 unspecified atom stereocenters. The maximum absolute atomic E-state index is 5.18. The molecule has 1 heterocycles. The molecule has 0 bridgehead atoms. The van der Waals surface area contributed by atoms with Crippen LogP contribution in [0.4, 0.5) is 0 Å².